The average molecular weight is 150 g/mol. The smallest absolute Gasteiger partial charge is 0.155 e. The molecule has 1 fully saturated rings. The Morgan fingerprint density at radius 2 is 2.56 bits per heavy atom. The molecule has 0 radical (unpaired) electrons. The van der Waals surface area contributed by atoms with Gasteiger partial charge in [-0.1, -0.05) is 0 Å². The normalized spacial score (nSPS) is 31.6. The summed E-state index contributed by atoms with van der Waals surface area (Å²) in [4.78, 5) is 0. The summed E-state index contributed by atoms with van der Waals surface area (Å²) in [5.74, 6) is 0. The minimum atomic E-state index is -1.67. The zero-order valence-electron chi connectivity index (χ0n) is 5.24. The van der Waals surface area contributed by atoms with Crippen LogP contribution in [0.15, 0.2) is 0 Å². The van der Waals surface area contributed by atoms with Crippen molar-refractivity contribution >= 4 is 11.1 Å². The minimum Gasteiger partial charge on any atom is -0.373 e. The van der Waals surface area contributed by atoms with Crippen LogP contribution in [0.3, 0.4) is 0 Å². The fourth-order valence-electron chi connectivity index (χ4n) is 0.657. The van der Waals surface area contributed by atoms with E-state index in [9.17, 15) is 4.21 Å². The first-order valence-electron chi connectivity index (χ1n) is 2.91. The van der Waals surface area contributed by atoms with E-state index >= 15 is 0 Å². The minimum absolute atomic E-state index is 0.141. The molecule has 1 N–H and O–H groups in total. The highest BCUT2D eigenvalue weighted by Gasteiger charge is 2.26. The number of ether oxygens (including phenoxy) is 1. The first kappa shape index (κ1) is 7.18. The molecule has 1 rings (SSSR count). The molecule has 0 aromatic carbocycles. The van der Waals surface area contributed by atoms with Crippen LogP contribution in [0.5, 0.6) is 0 Å². The van der Waals surface area contributed by atoms with Gasteiger partial charge in [0.15, 0.2) is 11.1 Å². The maximum absolute atomic E-state index is 10.3. The number of epoxide rings is 1. The molecular weight excluding hydrogens is 140 g/mol. The van der Waals surface area contributed by atoms with Gasteiger partial charge in [0.05, 0.1) is 18.0 Å². The number of hydrogen-bond acceptors (Lipinski definition) is 2. The molecule has 0 saturated carbocycles. The molecule has 4 heteroatoms. The van der Waals surface area contributed by atoms with Gasteiger partial charge in [-0.25, -0.2) is 4.21 Å². The summed E-state index contributed by atoms with van der Waals surface area (Å²) in [5.41, 5.74) is 0. The van der Waals surface area contributed by atoms with E-state index in [0.29, 0.717) is 6.42 Å². The van der Waals surface area contributed by atoms with Crippen molar-refractivity contribution in [3.8, 4) is 0 Å². The Morgan fingerprint density at radius 1 is 2.00 bits per heavy atom. The molecule has 0 bridgehead atoms. The zero-order valence-corrected chi connectivity index (χ0v) is 6.06. The topological polar surface area (TPSA) is 49.8 Å². The summed E-state index contributed by atoms with van der Waals surface area (Å²) in [7, 11) is 0. The van der Waals surface area contributed by atoms with E-state index in [-0.39, 0.29) is 11.4 Å². The van der Waals surface area contributed by atoms with Crippen molar-refractivity contribution in [3.63, 3.8) is 0 Å². The van der Waals surface area contributed by atoms with Gasteiger partial charge in [0.1, 0.15) is 0 Å². The molecule has 0 amide bonds. The van der Waals surface area contributed by atoms with E-state index in [1.165, 1.54) is 0 Å². The molecule has 0 spiro atoms. The molecule has 3 unspecified atom stereocenters. The molecule has 3 atom stereocenters. The van der Waals surface area contributed by atoms with Gasteiger partial charge in [-0.3, -0.25) is 0 Å². The summed E-state index contributed by atoms with van der Waals surface area (Å²) < 4.78 is 23.7. The largest absolute Gasteiger partial charge is 0.373 e. The Labute approximate surface area is 56.7 Å². The van der Waals surface area contributed by atoms with Crippen LogP contribution in [0.2, 0.25) is 0 Å². The second-order valence-corrected chi connectivity index (χ2v) is 3.63. The highest BCUT2D eigenvalue weighted by Crippen LogP contribution is 2.17. The fourth-order valence-corrected chi connectivity index (χ4v) is 1.04. The first-order chi connectivity index (χ1) is 4.20. The van der Waals surface area contributed by atoms with Crippen LogP contribution >= 0.6 is 0 Å². The van der Waals surface area contributed by atoms with Crippen LogP contribution in [-0.4, -0.2) is 26.7 Å². The molecule has 1 aliphatic heterocycles. The predicted octanol–water partition coefficient (Wildman–Crippen LogP) is 0.386. The lowest BCUT2D eigenvalue weighted by atomic mass is 10.3. The van der Waals surface area contributed by atoms with Crippen molar-refractivity contribution in [2.75, 3.05) is 6.61 Å². The summed E-state index contributed by atoms with van der Waals surface area (Å²) >= 11 is -1.67. The van der Waals surface area contributed by atoms with Crippen molar-refractivity contribution in [1.82, 2.24) is 0 Å². The van der Waals surface area contributed by atoms with E-state index in [1.54, 1.807) is 6.92 Å². The Balaban J connectivity index is 2.16. The van der Waals surface area contributed by atoms with Gasteiger partial charge in [-0.15, -0.1) is 0 Å². The molecular formula is C5H10O3S. The lowest BCUT2D eigenvalue weighted by Crippen LogP contribution is -2.11. The van der Waals surface area contributed by atoms with E-state index < -0.39 is 11.1 Å². The monoisotopic (exact) mass is 150 g/mol. The Bertz CT molecular complexity index is 121. The molecule has 54 valence electrons. The van der Waals surface area contributed by atoms with Gasteiger partial charge in [0, 0.05) is 0 Å². The number of hydrogen-bond donors (Lipinski definition) is 1. The van der Waals surface area contributed by atoms with Crippen LogP contribution in [-0.2, 0) is 15.8 Å². The molecule has 9 heavy (non-hydrogen) atoms. The summed E-state index contributed by atoms with van der Waals surface area (Å²) in [6.45, 7) is 2.51. The molecule has 1 heterocycles. The highest BCUT2D eigenvalue weighted by atomic mass is 32.2. The third-order valence-electron chi connectivity index (χ3n) is 1.34. The molecule has 1 saturated heterocycles. The maximum atomic E-state index is 10.3. The second-order valence-electron chi connectivity index (χ2n) is 2.28. The molecule has 0 aromatic heterocycles. The molecule has 0 aromatic rings. The van der Waals surface area contributed by atoms with E-state index in [2.05, 4.69) is 0 Å². The SMILES string of the molecule is CC(CC1CO1)S(=O)O. The second kappa shape index (κ2) is 2.77. The highest BCUT2D eigenvalue weighted by molar-refractivity contribution is 7.79. The van der Waals surface area contributed by atoms with Crippen molar-refractivity contribution < 1.29 is 13.5 Å². The predicted molar refractivity (Wildman–Crippen MR) is 34.6 cm³/mol. The average Bonchev–Trinajstić information content (AvgIpc) is 2.50. The summed E-state index contributed by atoms with van der Waals surface area (Å²) in [6.07, 6.45) is 0.972. The van der Waals surface area contributed by atoms with Crippen LogP contribution in [0.25, 0.3) is 0 Å². The lowest BCUT2D eigenvalue weighted by Gasteiger charge is -2.01. The van der Waals surface area contributed by atoms with E-state index in [1.807, 2.05) is 0 Å². The van der Waals surface area contributed by atoms with Crippen molar-refractivity contribution in [2.24, 2.45) is 0 Å². The van der Waals surface area contributed by atoms with Crippen LogP contribution in [0.4, 0.5) is 0 Å². The van der Waals surface area contributed by atoms with Crippen molar-refractivity contribution in [3.05, 3.63) is 0 Å². The van der Waals surface area contributed by atoms with Gasteiger partial charge in [0.25, 0.3) is 0 Å². The Morgan fingerprint density at radius 3 is 2.89 bits per heavy atom. The summed E-state index contributed by atoms with van der Waals surface area (Å²) in [5, 5.41) is -0.141. The van der Waals surface area contributed by atoms with Crippen molar-refractivity contribution in [1.29, 1.82) is 0 Å². The van der Waals surface area contributed by atoms with Gasteiger partial charge in [-0.05, 0) is 13.3 Å². The van der Waals surface area contributed by atoms with Gasteiger partial charge >= 0.3 is 0 Å². The molecule has 3 nitrogen and oxygen atoms in total. The first-order valence-corrected chi connectivity index (χ1v) is 4.08. The number of rotatable bonds is 3. The maximum Gasteiger partial charge on any atom is 0.155 e. The Kier molecular flexibility index (Phi) is 2.21. The fraction of sp³-hybridized carbons (Fsp3) is 1.00. The van der Waals surface area contributed by atoms with Crippen LogP contribution < -0.4 is 0 Å². The van der Waals surface area contributed by atoms with E-state index in [4.69, 9.17) is 9.29 Å². The van der Waals surface area contributed by atoms with Crippen LogP contribution in [0.1, 0.15) is 13.3 Å². The molecule has 1 aliphatic rings. The standard InChI is InChI=1S/C5H10O3S/c1-4(9(6)7)2-5-3-8-5/h4-5H,2-3H2,1H3,(H,6,7). The molecule has 0 aliphatic carbocycles. The van der Waals surface area contributed by atoms with Gasteiger partial charge < -0.3 is 9.29 Å². The van der Waals surface area contributed by atoms with Gasteiger partial charge in [0.2, 0.25) is 0 Å². The Hall–Kier alpha value is 0.0700. The summed E-state index contributed by atoms with van der Waals surface area (Å²) in [6, 6.07) is 0. The van der Waals surface area contributed by atoms with Gasteiger partial charge in [-0.2, -0.15) is 0 Å². The van der Waals surface area contributed by atoms with Crippen molar-refractivity contribution in [2.45, 2.75) is 24.7 Å². The quantitative estimate of drug-likeness (QED) is 0.467. The van der Waals surface area contributed by atoms with E-state index in [0.717, 1.165) is 6.61 Å². The zero-order chi connectivity index (χ0) is 6.85. The third kappa shape index (κ3) is 2.43. The lowest BCUT2D eigenvalue weighted by molar-refractivity contribution is 0.393. The van der Waals surface area contributed by atoms with Crippen LogP contribution in [0, 0.1) is 0 Å². The third-order valence-corrected chi connectivity index (χ3v) is 2.22.